The number of amides is 1. The highest BCUT2D eigenvalue weighted by Crippen LogP contribution is 2.38. The van der Waals surface area contributed by atoms with Crippen LogP contribution in [-0.2, 0) is 4.74 Å². The number of aromatic nitrogens is 3. The van der Waals surface area contributed by atoms with E-state index < -0.39 is 0 Å². The summed E-state index contributed by atoms with van der Waals surface area (Å²) in [6.45, 7) is 3.34. The Balaban J connectivity index is 1.41. The molecule has 0 radical (unpaired) electrons. The Kier molecular flexibility index (Phi) is 4.97. The van der Waals surface area contributed by atoms with Crippen molar-refractivity contribution in [2.75, 3.05) is 13.1 Å². The summed E-state index contributed by atoms with van der Waals surface area (Å²) in [6.07, 6.45) is 5.32. The molecule has 4 heterocycles. The van der Waals surface area contributed by atoms with E-state index in [1.807, 2.05) is 23.1 Å². The van der Waals surface area contributed by atoms with Gasteiger partial charge in [-0.15, -0.1) is 0 Å². The minimum absolute atomic E-state index is 0.0528. The summed E-state index contributed by atoms with van der Waals surface area (Å²) < 4.78 is 6.30. The topological polar surface area (TPSA) is 91.3 Å². The SMILES string of the molecule is CC[C@H]1C[C@@H](O)CC2(CCN(C(=O)c3cc(-c4ccccn4)n[nH]3)CC2)O1. The highest BCUT2D eigenvalue weighted by molar-refractivity contribution is 5.93. The fourth-order valence-corrected chi connectivity index (χ4v) is 4.20. The summed E-state index contributed by atoms with van der Waals surface area (Å²) in [5, 5.41) is 17.3. The Labute approximate surface area is 158 Å². The monoisotopic (exact) mass is 370 g/mol. The summed E-state index contributed by atoms with van der Waals surface area (Å²) in [6, 6.07) is 7.36. The zero-order chi connectivity index (χ0) is 18.9. The lowest BCUT2D eigenvalue weighted by Crippen LogP contribution is -2.53. The van der Waals surface area contributed by atoms with Crippen molar-refractivity contribution in [1.29, 1.82) is 0 Å². The first-order chi connectivity index (χ1) is 13.1. The third kappa shape index (κ3) is 3.75. The molecule has 4 rings (SSSR count). The summed E-state index contributed by atoms with van der Waals surface area (Å²) in [5.41, 5.74) is 1.59. The number of hydrogen-bond acceptors (Lipinski definition) is 5. The molecule has 1 spiro atoms. The number of likely N-dealkylation sites (tertiary alicyclic amines) is 1. The first-order valence-corrected chi connectivity index (χ1v) is 9.70. The van der Waals surface area contributed by atoms with Crippen LogP contribution in [0.4, 0.5) is 0 Å². The number of aliphatic hydroxyl groups is 1. The van der Waals surface area contributed by atoms with E-state index in [2.05, 4.69) is 22.1 Å². The van der Waals surface area contributed by atoms with E-state index >= 15 is 0 Å². The van der Waals surface area contributed by atoms with Gasteiger partial charge in [-0.3, -0.25) is 14.9 Å². The van der Waals surface area contributed by atoms with Gasteiger partial charge in [0.2, 0.25) is 0 Å². The molecule has 2 saturated heterocycles. The Bertz CT molecular complexity index is 784. The van der Waals surface area contributed by atoms with Crippen LogP contribution in [0.5, 0.6) is 0 Å². The molecule has 2 aliphatic rings. The smallest absolute Gasteiger partial charge is 0.271 e. The Morgan fingerprint density at radius 1 is 1.37 bits per heavy atom. The second-order valence-electron chi connectivity index (χ2n) is 7.60. The molecule has 2 N–H and O–H groups in total. The number of pyridine rings is 1. The quantitative estimate of drug-likeness (QED) is 0.866. The molecule has 0 unspecified atom stereocenters. The van der Waals surface area contributed by atoms with Crippen LogP contribution >= 0.6 is 0 Å². The Morgan fingerprint density at radius 2 is 2.19 bits per heavy atom. The minimum Gasteiger partial charge on any atom is -0.393 e. The van der Waals surface area contributed by atoms with Crippen LogP contribution in [0, 0.1) is 0 Å². The molecule has 0 aliphatic carbocycles. The number of carbonyl (C=O) groups excluding carboxylic acids is 1. The number of nitrogens with one attached hydrogen (secondary N) is 1. The molecule has 2 aromatic heterocycles. The van der Waals surface area contributed by atoms with Gasteiger partial charge in [-0.05, 0) is 43.9 Å². The summed E-state index contributed by atoms with van der Waals surface area (Å²) in [5.74, 6) is -0.0528. The number of carbonyl (C=O) groups is 1. The van der Waals surface area contributed by atoms with E-state index in [0.29, 0.717) is 37.3 Å². The summed E-state index contributed by atoms with van der Waals surface area (Å²) in [7, 11) is 0. The molecule has 0 bridgehead atoms. The lowest BCUT2D eigenvalue weighted by molar-refractivity contribution is -0.179. The maximum Gasteiger partial charge on any atom is 0.271 e. The van der Waals surface area contributed by atoms with Gasteiger partial charge in [0, 0.05) is 25.7 Å². The highest BCUT2D eigenvalue weighted by Gasteiger charge is 2.43. The van der Waals surface area contributed by atoms with Crippen LogP contribution < -0.4 is 0 Å². The Morgan fingerprint density at radius 3 is 2.89 bits per heavy atom. The lowest BCUT2D eigenvalue weighted by atomic mass is 9.81. The van der Waals surface area contributed by atoms with Gasteiger partial charge in [-0.1, -0.05) is 13.0 Å². The number of rotatable bonds is 3. The number of aliphatic hydroxyl groups excluding tert-OH is 1. The number of aromatic amines is 1. The molecule has 7 heteroatoms. The van der Waals surface area contributed by atoms with Crippen molar-refractivity contribution in [3.05, 3.63) is 36.2 Å². The predicted octanol–water partition coefficient (Wildman–Crippen LogP) is 2.40. The van der Waals surface area contributed by atoms with Crippen molar-refractivity contribution in [2.45, 2.75) is 56.8 Å². The summed E-state index contributed by atoms with van der Waals surface area (Å²) >= 11 is 0. The fraction of sp³-hybridized carbons (Fsp3) is 0.550. The van der Waals surface area contributed by atoms with Crippen LogP contribution in [0.2, 0.25) is 0 Å². The highest BCUT2D eigenvalue weighted by atomic mass is 16.5. The number of ether oxygens (including phenoxy) is 1. The molecule has 0 aromatic carbocycles. The third-order valence-corrected chi connectivity index (χ3v) is 5.71. The lowest BCUT2D eigenvalue weighted by Gasteiger charge is -2.47. The normalized spacial score (nSPS) is 24.9. The van der Waals surface area contributed by atoms with E-state index in [0.717, 1.165) is 25.0 Å². The molecule has 144 valence electrons. The molecule has 2 fully saturated rings. The molecule has 2 aromatic rings. The van der Waals surface area contributed by atoms with E-state index in [1.165, 1.54) is 0 Å². The molecule has 27 heavy (non-hydrogen) atoms. The fourth-order valence-electron chi connectivity index (χ4n) is 4.20. The molecule has 2 aliphatic heterocycles. The van der Waals surface area contributed by atoms with E-state index in [-0.39, 0.29) is 23.7 Å². The van der Waals surface area contributed by atoms with Crippen LogP contribution in [0.3, 0.4) is 0 Å². The van der Waals surface area contributed by atoms with Crippen LogP contribution in [-0.4, -0.2) is 62.0 Å². The average Bonchev–Trinajstić information content (AvgIpc) is 3.18. The van der Waals surface area contributed by atoms with Gasteiger partial charge in [0.1, 0.15) is 11.4 Å². The number of H-pyrrole nitrogens is 1. The van der Waals surface area contributed by atoms with Crippen molar-refractivity contribution in [2.24, 2.45) is 0 Å². The van der Waals surface area contributed by atoms with E-state index in [4.69, 9.17) is 4.74 Å². The van der Waals surface area contributed by atoms with E-state index in [1.54, 1.807) is 12.3 Å². The van der Waals surface area contributed by atoms with Gasteiger partial charge in [0.05, 0.1) is 23.5 Å². The molecule has 2 atom stereocenters. The molecule has 0 saturated carbocycles. The molecule has 7 nitrogen and oxygen atoms in total. The van der Waals surface area contributed by atoms with Crippen molar-refractivity contribution in [3.63, 3.8) is 0 Å². The number of piperidine rings is 1. The molecular formula is C20H26N4O3. The largest absolute Gasteiger partial charge is 0.393 e. The van der Waals surface area contributed by atoms with E-state index in [9.17, 15) is 9.90 Å². The van der Waals surface area contributed by atoms with Crippen molar-refractivity contribution in [3.8, 4) is 11.4 Å². The predicted molar refractivity (Wildman–Crippen MR) is 100 cm³/mol. The Hall–Kier alpha value is -2.25. The van der Waals surface area contributed by atoms with Gasteiger partial charge >= 0.3 is 0 Å². The summed E-state index contributed by atoms with van der Waals surface area (Å²) in [4.78, 5) is 18.9. The van der Waals surface area contributed by atoms with Gasteiger partial charge in [-0.2, -0.15) is 5.10 Å². The second-order valence-corrected chi connectivity index (χ2v) is 7.60. The van der Waals surface area contributed by atoms with Crippen molar-refractivity contribution >= 4 is 5.91 Å². The first-order valence-electron chi connectivity index (χ1n) is 9.70. The van der Waals surface area contributed by atoms with Gasteiger partial charge in [-0.25, -0.2) is 0 Å². The minimum atomic E-state index is -0.306. The number of nitrogens with zero attached hydrogens (tertiary/aromatic N) is 3. The third-order valence-electron chi connectivity index (χ3n) is 5.71. The van der Waals surface area contributed by atoms with Gasteiger partial charge < -0.3 is 14.7 Å². The second kappa shape index (κ2) is 7.40. The average molecular weight is 370 g/mol. The van der Waals surface area contributed by atoms with Gasteiger partial charge in [0.15, 0.2) is 0 Å². The molecular weight excluding hydrogens is 344 g/mol. The zero-order valence-corrected chi connectivity index (χ0v) is 15.6. The maximum absolute atomic E-state index is 12.8. The van der Waals surface area contributed by atoms with Crippen molar-refractivity contribution < 1.29 is 14.6 Å². The van der Waals surface area contributed by atoms with Crippen LogP contribution in [0.1, 0.15) is 49.5 Å². The van der Waals surface area contributed by atoms with Crippen molar-refractivity contribution in [1.82, 2.24) is 20.1 Å². The van der Waals surface area contributed by atoms with Crippen LogP contribution in [0.15, 0.2) is 30.5 Å². The zero-order valence-electron chi connectivity index (χ0n) is 15.6. The van der Waals surface area contributed by atoms with Crippen LogP contribution in [0.25, 0.3) is 11.4 Å². The van der Waals surface area contributed by atoms with Gasteiger partial charge in [0.25, 0.3) is 5.91 Å². The maximum atomic E-state index is 12.8. The number of hydrogen-bond donors (Lipinski definition) is 2. The first kappa shape index (κ1) is 18.1. The standard InChI is InChI=1S/C20H26N4O3/c1-2-15-11-14(25)13-20(27-15)6-9-24(10-7-20)19(26)18-12-17(22-23-18)16-5-3-4-8-21-16/h3-5,8,12,14-15,25H,2,6-7,9-11,13H2,1H3,(H,22,23)/t14-,15+/m1/s1. The molecule has 1 amide bonds.